The second-order valence-electron chi connectivity index (χ2n) is 8.13. The smallest absolute Gasteiger partial charge is 0.343 e. The molecule has 13 nitrogen and oxygen atoms in total. The number of esters is 1. The Balaban J connectivity index is 1.36. The molecule has 200 valence electrons. The molecule has 5 rings (SSSR count). The van der Waals surface area contributed by atoms with E-state index < -0.39 is 11.9 Å². The Bertz CT molecular complexity index is 1670. The molecule has 4 N–H and O–H groups in total. The van der Waals surface area contributed by atoms with E-state index in [2.05, 4.69) is 57.0 Å². The van der Waals surface area contributed by atoms with Gasteiger partial charge in [0.2, 0.25) is 11.6 Å². The lowest BCUT2D eigenvalue weighted by Gasteiger charge is -2.09. The molecule has 0 saturated heterocycles. The molecular weight excluding hydrogens is 582 g/mol. The largest absolute Gasteiger partial charge is 0.422 e. The van der Waals surface area contributed by atoms with Crippen molar-refractivity contribution in [3.8, 4) is 11.6 Å². The number of hydrogen-bond acceptors (Lipinski definition) is 11. The average Bonchev–Trinajstić information content (AvgIpc) is 3.59. The fraction of sp³-hybridized carbons (Fsp3) is 0.0385. The number of hydrazone groups is 1. The molecule has 14 heteroatoms. The average molecular weight is 602 g/mol. The van der Waals surface area contributed by atoms with Gasteiger partial charge in [0.1, 0.15) is 5.75 Å². The zero-order chi connectivity index (χ0) is 27.9. The minimum Gasteiger partial charge on any atom is -0.422 e. The van der Waals surface area contributed by atoms with E-state index in [9.17, 15) is 9.59 Å². The maximum absolute atomic E-state index is 13.1. The molecule has 0 fully saturated rings. The molecule has 2 aromatic heterocycles. The lowest BCUT2D eigenvalue weighted by atomic mass is 10.2. The summed E-state index contributed by atoms with van der Waals surface area (Å²) in [6.45, 7) is 0.140. The minimum atomic E-state index is -0.653. The van der Waals surface area contributed by atoms with Gasteiger partial charge in [-0.3, -0.25) is 4.79 Å². The highest BCUT2D eigenvalue weighted by Gasteiger charge is 2.24. The summed E-state index contributed by atoms with van der Waals surface area (Å²) in [4.78, 5) is 25.6. The molecule has 0 aliphatic heterocycles. The number of carbonyl (C=O) groups is 2. The van der Waals surface area contributed by atoms with Crippen LogP contribution in [0.2, 0.25) is 0 Å². The number of carbonyl (C=O) groups excluding carboxylic acids is 2. The number of benzene rings is 3. The molecule has 0 radical (unpaired) electrons. The second kappa shape index (κ2) is 12.0. The quantitative estimate of drug-likeness (QED) is 0.0979. The van der Waals surface area contributed by atoms with Gasteiger partial charge in [0, 0.05) is 15.7 Å². The summed E-state index contributed by atoms with van der Waals surface area (Å²) in [7, 11) is 0. The van der Waals surface area contributed by atoms with Crippen molar-refractivity contribution >= 4 is 45.5 Å². The fourth-order valence-corrected chi connectivity index (χ4v) is 3.92. The molecule has 5 aromatic rings. The maximum Gasteiger partial charge on any atom is 0.343 e. The minimum absolute atomic E-state index is 0.0249. The van der Waals surface area contributed by atoms with Crippen LogP contribution in [0.4, 0.5) is 11.5 Å². The van der Waals surface area contributed by atoms with Crippen LogP contribution in [-0.2, 0) is 6.54 Å². The molecular formula is C26H20BrN9O4. The number of anilines is 2. The van der Waals surface area contributed by atoms with Gasteiger partial charge in [0.05, 0.1) is 24.0 Å². The van der Waals surface area contributed by atoms with Crippen molar-refractivity contribution in [2.45, 2.75) is 6.54 Å². The number of hydrogen-bond donors (Lipinski definition) is 3. The van der Waals surface area contributed by atoms with Crippen molar-refractivity contribution in [1.82, 2.24) is 30.7 Å². The van der Waals surface area contributed by atoms with E-state index in [1.54, 1.807) is 48.5 Å². The van der Waals surface area contributed by atoms with Gasteiger partial charge >= 0.3 is 5.97 Å². The summed E-state index contributed by atoms with van der Waals surface area (Å²) < 4.78 is 12.2. The number of ether oxygens (including phenoxy) is 1. The Labute approximate surface area is 235 Å². The summed E-state index contributed by atoms with van der Waals surface area (Å²) in [6.07, 6.45) is 1.35. The number of halogens is 1. The monoisotopic (exact) mass is 601 g/mol. The first kappa shape index (κ1) is 26.2. The van der Waals surface area contributed by atoms with Gasteiger partial charge in [-0.15, -0.1) is 5.10 Å². The lowest BCUT2D eigenvalue weighted by molar-refractivity contribution is 0.0734. The van der Waals surface area contributed by atoms with E-state index in [0.29, 0.717) is 16.8 Å². The number of para-hydroxylation sites is 1. The molecule has 0 atom stereocenters. The summed E-state index contributed by atoms with van der Waals surface area (Å²) in [5.41, 5.74) is 10.2. The standard InChI is InChI=1S/C26H20BrN9O4/c27-18-11-12-21(39-26(38)16-7-3-1-4-8-16)17(13-18)14-30-32-25(37)22-20(15-29-19-9-5-2-6-10-19)36(35-31-22)24-23(28)33-40-34-24/h1-14,29H,15H2,(H2,28,33)(H,32,37)/b30-14+. The predicted octanol–water partition coefficient (Wildman–Crippen LogP) is 3.59. The van der Waals surface area contributed by atoms with Crippen molar-refractivity contribution in [3.63, 3.8) is 0 Å². The van der Waals surface area contributed by atoms with Gasteiger partial charge in [-0.1, -0.05) is 57.5 Å². The number of nitrogen functional groups attached to an aromatic ring is 1. The maximum atomic E-state index is 13.1. The molecule has 0 saturated carbocycles. The molecule has 0 bridgehead atoms. The van der Waals surface area contributed by atoms with Crippen molar-refractivity contribution in [3.05, 3.63) is 106 Å². The molecule has 1 amide bonds. The fourth-order valence-electron chi connectivity index (χ4n) is 3.55. The van der Waals surface area contributed by atoms with Crippen molar-refractivity contribution in [2.24, 2.45) is 5.10 Å². The molecule has 40 heavy (non-hydrogen) atoms. The van der Waals surface area contributed by atoms with Crippen LogP contribution in [0.15, 0.2) is 93.1 Å². The number of aromatic nitrogens is 5. The van der Waals surface area contributed by atoms with Crippen LogP contribution in [-0.4, -0.2) is 43.4 Å². The Kier molecular flexibility index (Phi) is 7.87. The Morgan fingerprint density at radius 1 is 1.05 bits per heavy atom. The zero-order valence-electron chi connectivity index (χ0n) is 20.6. The van der Waals surface area contributed by atoms with Gasteiger partial charge < -0.3 is 15.8 Å². The molecule has 3 aromatic carbocycles. The first-order valence-corrected chi connectivity index (χ1v) is 12.5. The van der Waals surface area contributed by atoms with Gasteiger partial charge in [-0.25, -0.2) is 14.8 Å². The van der Waals surface area contributed by atoms with Gasteiger partial charge in [0.15, 0.2) is 5.69 Å². The van der Waals surface area contributed by atoms with Gasteiger partial charge in [-0.2, -0.15) is 9.78 Å². The predicted molar refractivity (Wildman–Crippen MR) is 148 cm³/mol. The van der Waals surface area contributed by atoms with Crippen molar-refractivity contribution < 1.29 is 19.0 Å². The third-order valence-corrected chi connectivity index (χ3v) is 5.96. The van der Waals surface area contributed by atoms with E-state index in [-0.39, 0.29) is 29.6 Å². The highest BCUT2D eigenvalue weighted by molar-refractivity contribution is 9.10. The number of rotatable bonds is 9. The number of nitrogens with one attached hydrogen (secondary N) is 2. The van der Waals surface area contributed by atoms with Gasteiger partial charge in [0.25, 0.3) is 5.91 Å². The van der Waals surface area contributed by atoms with E-state index in [4.69, 9.17) is 10.5 Å². The number of amides is 1. The SMILES string of the molecule is Nc1nonc1-n1nnc(C(=O)N/N=C/c2cc(Br)ccc2OC(=O)c2ccccc2)c1CNc1ccccc1. The van der Waals surface area contributed by atoms with Crippen LogP contribution in [0.3, 0.4) is 0 Å². The summed E-state index contributed by atoms with van der Waals surface area (Å²) in [5, 5.41) is 22.6. The third-order valence-electron chi connectivity index (χ3n) is 5.46. The van der Waals surface area contributed by atoms with E-state index in [0.717, 1.165) is 10.2 Å². The van der Waals surface area contributed by atoms with E-state index in [1.807, 2.05) is 30.3 Å². The lowest BCUT2D eigenvalue weighted by Crippen LogP contribution is -2.21. The highest BCUT2D eigenvalue weighted by atomic mass is 79.9. The first-order valence-electron chi connectivity index (χ1n) is 11.7. The van der Waals surface area contributed by atoms with E-state index >= 15 is 0 Å². The first-order chi connectivity index (χ1) is 19.5. The highest BCUT2D eigenvalue weighted by Crippen LogP contribution is 2.23. The zero-order valence-corrected chi connectivity index (χ0v) is 22.1. The molecule has 2 heterocycles. The summed E-state index contributed by atoms with van der Waals surface area (Å²) >= 11 is 3.39. The van der Waals surface area contributed by atoms with Crippen LogP contribution < -0.4 is 21.2 Å². The molecule has 0 spiro atoms. The molecule has 0 unspecified atom stereocenters. The van der Waals surface area contributed by atoms with Crippen molar-refractivity contribution in [2.75, 3.05) is 11.1 Å². The van der Waals surface area contributed by atoms with E-state index in [1.165, 1.54) is 10.9 Å². The Morgan fingerprint density at radius 3 is 2.52 bits per heavy atom. The number of nitrogens with two attached hydrogens (primary N) is 1. The summed E-state index contributed by atoms with van der Waals surface area (Å²) in [6, 6.07) is 23.0. The normalized spacial score (nSPS) is 10.9. The third kappa shape index (κ3) is 6.02. The van der Waals surface area contributed by atoms with Gasteiger partial charge in [-0.05, 0) is 52.8 Å². The Morgan fingerprint density at radius 2 is 1.80 bits per heavy atom. The van der Waals surface area contributed by atoms with Crippen LogP contribution in [0.5, 0.6) is 5.75 Å². The summed E-state index contributed by atoms with van der Waals surface area (Å²) in [5.74, 6) is -0.875. The van der Waals surface area contributed by atoms with Crippen LogP contribution in [0.25, 0.3) is 5.82 Å². The molecule has 0 aliphatic rings. The molecule has 0 aliphatic carbocycles. The second-order valence-corrected chi connectivity index (χ2v) is 9.04. The van der Waals surface area contributed by atoms with Crippen LogP contribution in [0.1, 0.15) is 32.1 Å². The Hall–Kier alpha value is -5.37. The van der Waals surface area contributed by atoms with Crippen molar-refractivity contribution in [1.29, 1.82) is 0 Å². The number of nitrogens with zero attached hydrogens (tertiary/aromatic N) is 6. The van der Waals surface area contributed by atoms with Crippen LogP contribution >= 0.6 is 15.9 Å². The van der Waals surface area contributed by atoms with Crippen LogP contribution in [0, 0.1) is 0 Å². The topological polar surface area (TPSA) is 175 Å².